The first kappa shape index (κ1) is 16.2. The number of aromatic nitrogens is 1. The zero-order chi connectivity index (χ0) is 16.7. The molecule has 0 spiro atoms. The first-order valence-corrected chi connectivity index (χ1v) is 8.65. The molecule has 1 aromatic heterocycles. The van der Waals surface area contributed by atoms with E-state index in [1.807, 2.05) is 25.7 Å². The van der Waals surface area contributed by atoms with Gasteiger partial charge in [-0.1, -0.05) is 6.42 Å². The molecule has 2 aliphatic rings. The second-order valence-corrected chi connectivity index (χ2v) is 7.15. The minimum atomic E-state index is -0.259. The van der Waals surface area contributed by atoms with Gasteiger partial charge in [-0.3, -0.25) is 14.5 Å². The Morgan fingerprint density at radius 2 is 1.83 bits per heavy atom. The molecule has 23 heavy (non-hydrogen) atoms. The summed E-state index contributed by atoms with van der Waals surface area (Å²) in [6, 6.07) is 1.07. The summed E-state index contributed by atoms with van der Waals surface area (Å²) < 4.78 is 0. The molecule has 2 aliphatic heterocycles. The average molecular weight is 317 g/mol. The molecule has 1 atom stereocenters. The maximum Gasteiger partial charge on any atom is 0.261 e. The van der Waals surface area contributed by atoms with Crippen LogP contribution in [0.2, 0.25) is 0 Å². The van der Waals surface area contributed by atoms with E-state index in [2.05, 4.69) is 16.8 Å². The van der Waals surface area contributed by atoms with Crippen LogP contribution in [0.15, 0.2) is 4.79 Å². The molecule has 0 aromatic carbocycles. The molecule has 1 N–H and O–H groups in total. The number of rotatable bonds is 2. The number of nitrogens with zero attached hydrogens (tertiary/aromatic N) is 2. The van der Waals surface area contributed by atoms with E-state index >= 15 is 0 Å². The molecule has 1 aromatic rings. The molecule has 0 saturated carbocycles. The fourth-order valence-electron chi connectivity index (χ4n) is 3.87. The van der Waals surface area contributed by atoms with E-state index in [9.17, 15) is 9.59 Å². The summed E-state index contributed by atoms with van der Waals surface area (Å²) >= 11 is 0. The number of amides is 1. The quantitative estimate of drug-likeness (QED) is 0.907. The van der Waals surface area contributed by atoms with Crippen molar-refractivity contribution in [3.05, 3.63) is 32.7 Å². The van der Waals surface area contributed by atoms with Crippen molar-refractivity contribution >= 4 is 5.91 Å². The SMILES string of the molecule is Cc1[nH]c(=O)c(C(=O)N2CC(N3CCCCC3C)C2)c(C)c1C. The van der Waals surface area contributed by atoms with Gasteiger partial charge in [-0.2, -0.15) is 0 Å². The Bertz CT molecular complexity index is 674. The first-order chi connectivity index (χ1) is 10.9. The van der Waals surface area contributed by atoms with Crippen LogP contribution in [0.4, 0.5) is 0 Å². The number of pyridine rings is 1. The Kier molecular flexibility index (Phi) is 4.32. The van der Waals surface area contributed by atoms with Crippen LogP contribution in [0.5, 0.6) is 0 Å². The standard InChI is InChI=1S/C18H27N3O2/c1-11-7-5-6-8-21(11)15-9-20(10-15)18(23)16-13(3)12(2)14(4)19-17(16)22/h11,15H,5-10H2,1-4H3,(H,19,22). The molecule has 0 radical (unpaired) electrons. The summed E-state index contributed by atoms with van der Waals surface area (Å²) in [5.74, 6) is -0.118. The van der Waals surface area contributed by atoms with Crippen LogP contribution in [-0.4, -0.2) is 52.4 Å². The molecule has 1 amide bonds. The Morgan fingerprint density at radius 1 is 1.13 bits per heavy atom. The molecular weight excluding hydrogens is 290 g/mol. The normalized spacial score (nSPS) is 23.0. The van der Waals surface area contributed by atoms with E-state index in [1.165, 1.54) is 19.3 Å². The van der Waals surface area contributed by atoms with Crippen LogP contribution < -0.4 is 5.56 Å². The fourth-order valence-corrected chi connectivity index (χ4v) is 3.87. The summed E-state index contributed by atoms with van der Waals surface area (Å²) in [5.41, 5.74) is 2.71. The van der Waals surface area contributed by atoms with Crippen LogP contribution >= 0.6 is 0 Å². The van der Waals surface area contributed by atoms with Gasteiger partial charge in [0, 0.05) is 30.9 Å². The van der Waals surface area contributed by atoms with Gasteiger partial charge in [0.1, 0.15) is 5.56 Å². The van der Waals surface area contributed by atoms with Crippen LogP contribution in [-0.2, 0) is 0 Å². The minimum absolute atomic E-state index is 0.118. The van der Waals surface area contributed by atoms with Gasteiger partial charge < -0.3 is 9.88 Å². The monoisotopic (exact) mass is 317 g/mol. The molecule has 1 unspecified atom stereocenters. The highest BCUT2D eigenvalue weighted by atomic mass is 16.2. The van der Waals surface area contributed by atoms with Crippen LogP contribution in [0.3, 0.4) is 0 Å². The number of aryl methyl sites for hydroxylation is 1. The lowest BCUT2D eigenvalue weighted by Gasteiger charge is -2.49. The molecule has 3 heterocycles. The molecule has 0 bridgehead atoms. The number of H-pyrrole nitrogens is 1. The van der Waals surface area contributed by atoms with Crippen molar-refractivity contribution in [3.63, 3.8) is 0 Å². The van der Waals surface area contributed by atoms with E-state index in [-0.39, 0.29) is 11.5 Å². The lowest BCUT2D eigenvalue weighted by molar-refractivity contribution is 0.00198. The zero-order valence-electron chi connectivity index (χ0n) is 14.6. The fraction of sp³-hybridized carbons (Fsp3) is 0.667. The molecule has 0 aliphatic carbocycles. The number of likely N-dealkylation sites (tertiary alicyclic amines) is 2. The topological polar surface area (TPSA) is 56.4 Å². The summed E-state index contributed by atoms with van der Waals surface area (Å²) in [6.45, 7) is 10.6. The maximum absolute atomic E-state index is 12.7. The molecular formula is C18H27N3O2. The predicted molar refractivity (Wildman–Crippen MR) is 91.0 cm³/mol. The van der Waals surface area contributed by atoms with E-state index < -0.39 is 0 Å². The third-order valence-electron chi connectivity index (χ3n) is 5.71. The Balaban J connectivity index is 1.72. The summed E-state index contributed by atoms with van der Waals surface area (Å²) in [5, 5.41) is 0. The summed E-state index contributed by atoms with van der Waals surface area (Å²) in [6.07, 6.45) is 3.81. The van der Waals surface area contributed by atoms with Crippen molar-refractivity contribution in [2.45, 2.75) is 59.0 Å². The van der Waals surface area contributed by atoms with Gasteiger partial charge in [0.05, 0.1) is 0 Å². The van der Waals surface area contributed by atoms with Crippen LogP contribution in [0.1, 0.15) is 53.4 Å². The summed E-state index contributed by atoms with van der Waals surface area (Å²) in [7, 11) is 0. The summed E-state index contributed by atoms with van der Waals surface area (Å²) in [4.78, 5) is 32.1. The van der Waals surface area contributed by atoms with Gasteiger partial charge in [0.2, 0.25) is 0 Å². The number of carbonyl (C=O) groups is 1. The molecule has 5 nitrogen and oxygen atoms in total. The minimum Gasteiger partial charge on any atom is -0.335 e. The van der Waals surface area contributed by atoms with E-state index in [0.29, 0.717) is 17.6 Å². The highest BCUT2D eigenvalue weighted by Gasteiger charge is 2.38. The maximum atomic E-state index is 12.7. The van der Waals surface area contributed by atoms with Crippen LogP contribution in [0, 0.1) is 20.8 Å². The van der Waals surface area contributed by atoms with Crippen molar-refractivity contribution < 1.29 is 4.79 Å². The average Bonchev–Trinajstić information content (AvgIpc) is 2.45. The number of aromatic amines is 1. The smallest absolute Gasteiger partial charge is 0.261 e. The van der Waals surface area contributed by atoms with Gasteiger partial charge in [-0.05, 0) is 58.2 Å². The first-order valence-electron chi connectivity index (χ1n) is 8.65. The molecule has 2 saturated heterocycles. The molecule has 3 rings (SSSR count). The number of nitrogens with one attached hydrogen (secondary N) is 1. The predicted octanol–water partition coefficient (Wildman–Crippen LogP) is 2.00. The van der Waals surface area contributed by atoms with E-state index in [1.54, 1.807) is 0 Å². The Morgan fingerprint density at radius 3 is 2.48 bits per heavy atom. The van der Waals surface area contributed by atoms with Crippen LogP contribution in [0.25, 0.3) is 0 Å². The number of hydrogen-bond donors (Lipinski definition) is 1. The Labute approximate surface area is 137 Å². The molecule has 5 heteroatoms. The third-order valence-corrected chi connectivity index (χ3v) is 5.71. The van der Waals surface area contributed by atoms with Gasteiger partial charge in [0.15, 0.2) is 0 Å². The largest absolute Gasteiger partial charge is 0.335 e. The van der Waals surface area contributed by atoms with Gasteiger partial charge in [-0.25, -0.2) is 0 Å². The lowest BCUT2D eigenvalue weighted by atomic mass is 9.96. The highest BCUT2D eigenvalue weighted by Crippen LogP contribution is 2.25. The number of hydrogen-bond acceptors (Lipinski definition) is 3. The van der Waals surface area contributed by atoms with E-state index in [0.717, 1.165) is 36.5 Å². The number of piperidine rings is 1. The second-order valence-electron chi connectivity index (χ2n) is 7.15. The highest BCUT2D eigenvalue weighted by molar-refractivity contribution is 5.96. The van der Waals surface area contributed by atoms with Crippen molar-refractivity contribution in [2.75, 3.05) is 19.6 Å². The van der Waals surface area contributed by atoms with Gasteiger partial charge in [0.25, 0.3) is 11.5 Å². The van der Waals surface area contributed by atoms with Crippen molar-refractivity contribution in [3.8, 4) is 0 Å². The lowest BCUT2D eigenvalue weighted by Crippen LogP contribution is -2.63. The van der Waals surface area contributed by atoms with Crippen molar-refractivity contribution in [1.29, 1.82) is 0 Å². The van der Waals surface area contributed by atoms with E-state index in [4.69, 9.17) is 0 Å². The van der Waals surface area contributed by atoms with Gasteiger partial charge >= 0.3 is 0 Å². The van der Waals surface area contributed by atoms with Gasteiger partial charge in [-0.15, -0.1) is 0 Å². The second kappa shape index (κ2) is 6.11. The number of carbonyl (C=O) groups excluding carboxylic acids is 1. The Hall–Kier alpha value is -1.62. The van der Waals surface area contributed by atoms with Crippen molar-refractivity contribution in [1.82, 2.24) is 14.8 Å². The third kappa shape index (κ3) is 2.82. The zero-order valence-corrected chi connectivity index (χ0v) is 14.6. The van der Waals surface area contributed by atoms with Crippen molar-refractivity contribution in [2.24, 2.45) is 0 Å². The molecule has 2 fully saturated rings. The molecule has 126 valence electrons.